The fourth-order valence-electron chi connectivity index (χ4n) is 2.07. The van der Waals surface area contributed by atoms with Crippen molar-refractivity contribution in [1.82, 2.24) is 5.43 Å². The van der Waals surface area contributed by atoms with E-state index < -0.39 is 9.84 Å². The third kappa shape index (κ3) is 4.61. The molecular formula is C13H15ClN2O3S. The normalized spacial score (nSPS) is 21.1. The van der Waals surface area contributed by atoms with Crippen molar-refractivity contribution in [3.63, 3.8) is 0 Å². The second-order valence-electron chi connectivity index (χ2n) is 4.82. The van der Waals surface area contributed by atoms with E-state index in [0.29, 0.717) is 11.4 Å². The van der Waals surface area contributed by atoms with Crippen molar-refractivity contribution in [3.8, 4) is 0 Å². The number of carbonyl (C=O) groups is 1. The molecule has 0 aromatic heterocycles. The van der Waals surface area contributed by atoms with Crippen molar-refractivity contribution in [2.45, 2.75) is 12.8 Å². The van der Waals surface area contributed by atoms with Gasteiger partial charge >= 0.3 is 0 Å². The summed E-state index contributed by atoms with van der Waals surface area (Å²) in [6.07, 6.45) is 2.26. The molecule has 1 amide bonds. The summed E-state index contributed by atoms with van der Waals surface area (Å²) in [6.45, 7) is 0. The number of carbonyl (C=O) groups excluding carboxylic acids is 1. The molecule has 1 aromatic carbocycles. The van der Waals surface area contributed by atoms with Gasteiger partial charge in [-0.05, 0) is 30.0 Å². The monoisotopic (exact) mass is 314 g/mol. The Bertz CT molecular complexity index is 611. The van der Waals surface area contributed by atoms with Crippen LogP contribution in [0.3, 0.4) is 0 Å². The number of nitrogens with zero attached hydrogens (tertiary/aromatic N) is 1. The van der Waals surface area contributed by atoms with Crippen LogP contribution < -0.4 is 5.43 Å². The minimum Gasteiger partial charge on any atom is -0.273 e. The van der Waals surface area contributed by atoms with Gasteiger partial charge in [0.2, 0.25) is 5.91 Å². The summed E-state index contributed by atoms with van der Waals surface area (Å²) >= 11 is 5.75. The quantitative estimate of drug-likeness (QED) is 0.677. The summed E-state index contributed by atoms with van der Waals surface area (Å²) in [5, 5.41) is 4.47. The third-order valence-electron chi connectivity index (χ3n) is 3.07. The third-order valence-corrected chi connectivity index (χ3v) is 5.16. The molecule has 1 N–H and O–H groups in total. The van der Waals surface area contributed by atoms with Crippen molar-refractivity contribution in [2.75, 3.05) is 11.5 Å². The minimum atomic E-state index is -2.94. The molecule has 0 spiro atoms. The second kappa shape index (κ2) is 6.37. The molecule has 1 saturated heterocycles. The van der Waals surface area contributed by atoms with Crippen LogP contribution in [-0.4, -0.2) is 32.0 Å². The Morgan fingerprint density at radius 1 is 1.40 bits per heavy atom. The Labute approximate surface area is 122 Å². The van der Waals surface area contributed by atoms with Gasteiger partial charge in [-0.2, -0.15) is 5.10 Å². The molecule has 1 aromatic rings. The zero-order chi connectivity index (χ0) is 14.6. The van der Waals surface area contributed by atoms with Crippen molar-refractivity contribution < 1.29 is 13.2 Å². The summed E-state index contributed by atoms with van der Waals surface area (Å²) in [6, 6.07) is 7.02. The fraction of sp³-hybridized carbons (Fsp3) is 0.385. The van der Waals surface area contributed by atoms with Crippen LogP contribution in [0, 0.1) is 5.92 Å². The molecule has 1 atom stereocenters. The van der Waals surface area contributed by atoms with E-state index in [0.717, 1.165) is 5.56 Å². The molecule has 2 rings (SSSR count). The lowest BCUT2D eigenvalue weighted by molar-refractivity contribution is -0.121. The fourth-order valence-corrected chi connectivity index (χ4v) is 4.06. The second-order valence-corrected chi connectivity index (χ2v) is 7.48. The summed E-state index contributed by atoms with van der Waals surface area (Å²) in [7, 11) is -2.94. The molecule has 0 bridgehead atoms. The number of hydrazone groups is 1. The molecule has 0 unspecified atom stereocenters. The van der Waals surface area contributed by atoms with Gasteiger partial charge in [-0.1, -0.05) is 23.7 Å². The van der Waals surface area contributed by atoms with Crippen molar-refractivity contribution >= 4 is 33.6 Å². The number of rotatable bonds is 4. The summed E-state index contributed by atoms with van der Waals surface area (Å²) < 4.78 is 22.6. The van der Waals surface area contributed by atoms with E-state index >= 15 is 0 Å². The van der Waals surface area contributed by atoms with Gasteiger partial charge in [0.15, 0.2) is 9.84 Å². The molecule has 1 fully saturated rings. The molecular weight excluding hydrogens is 300 g/mol. The van der Waals surface area contributed by atoms with E-state index in [1.165, 1.54) is 6.21 Å². The van der Waals surface area contributed by atoms with Crippen LogP contribution in [0.5, 0.6) is 0 Å². The first kappa shape index (κ1) is 15.0. The number of hydrogen-bond acceptors (Lipinski definition) is 4. The number of amides is 1. The lowest BCUT2D eigenvalue weighted by Gasteiger charge is -2.05. The van der Waals surface area contributed by atoms with Crippen molar-refractivity contribution in [2.24, 2.45) is 11.0 Å². The molecule has 0 aliphatic carbocycles. The van der Waals surface area contributed by atoms with E-state index in [1.807, 2.05) is 0 Å². The number of hydrogen-bond donors (Lipinski definition) is 1. The first-order valence-electron chi connectivity index (χ1n) is 6.22. The maximum absolute atomic E-state index is 11.6. The number of benzene rings is 1. The Balaban J connectivity index is 1.79. The first-order valence-corrected chi connectivity index (χ1v) is 8.42. The molecule has 5 nitrogen and oxygen atoms in total. The van der Waals surface area contributed by atoms with E-state index in [1.54, 1.807) is 24.3 Å². The average molecular weight is 315 g/mol. The highest BCUT2D eigenvalue weighted by atomic mass is 35.5. The summed E-state index contributed by atoms with van der Waals surface area (Å²) in [4.78, 5) is 11.6. The Kier molecular flexibility index (Phi) is 4.77. The molecule has 7 heteroatoms. The smallest absolute Gasteiger partial charge is 0.240 e. The lowest BCUT2D eigenvalue weighted by atomic mass is 10.1. The zero-order valence-corrected chi connectivity index (χ0v) is 12.3. The van der Waals surface area contributed by atoms with Gasteiger partial charge in [0.25, 0.3) is 0 Å². The topological polar surface area (TPSA) is 75.6 Å². The standard InChI is InChI=1S/C13H15ClN2O3S/c14-12-3-1-10(2-4-12)8-15-16-13(17)7-11-5-6-20(18,19)9-11/h1-4,8,11H,5-7,9H2,(H,16,17)/b15-8-/t11-/m1/s1. The molecule has 1 aliphatic heterocycles. The predicted octanol–water partition coefficient (Wildman–Crippen LogP) is 1.61. The van der Waals surface area contributed by atoms with Gasteiger partial charge < -0.3 is 0 Å². The lowest BCUT2D eigenvalue weighted by Crippen LogP contribution is -2.21. The first-order chi connectivity index (χ1) is 9.44. The molecule has 0 radical (unpaired) electrons. The van der Waals surface area contributed by atoms with Crippen LogP contribution in [0.4, 0.5) is 0 Å². The highest BCUT2D eigenvalue weighted by Crippen LogP contribution is 2.21. The van der Waals surface area contributed by atoms with E-state index in [2.05, 4.69) is 10.5 Å². The summed E-state index contributed by atoms with van der Waals surface area (Å²) in [5.74, 6) is -0.0802. The number of sulfone groups is 1. The van der Waals surface area contributed by atoms with Crippen LogP contribution >= 0.6 is 11.6 Å². The Hall–Kier alpha value is -1.40. The maximum atomic E-state index is 11.6. The van der Waals surface area contributed by atoms with Crippen LogP contribution in [0.2, 0.25) is 5.02 Å². The summed E-state index contributed by atoms with van der Waals surface area (Å²) in [5.41, 5.74) is 3.22. The molecule has 1 heterocycles. The SMILES string of the molecule is O=C(C[C@H]1CCS(=O)(=O)C1)N/N=C\c1ccc(Cl)cc1. The van der Waals surface area contributed by atoms with Crippen LogP contribution in [0.25, 0.3) is 0 Å². The zero-order valence-electron chi connectivity index (χ0n) is 10.8. The number of nitrogens with one attached hydrogen (secondary N) is 1. The van der Waals surface area contributed by atoms with Crippen LogP contribution in [0.15, 0.2) is 29.4 Å². The van der Waals surface area contributed by atoms with Crippen LogP contribution in [0.1, 0.15) is 18.4 Å². The van der Waals surface area contributed by atoms with Gasteiger partial charge in [-0.25, -0.2) is 13.8 Å². The highest BCUT2D eigenvalue weighted by Gasteiger charge is 2.29. The number of halogens is 1. The molecule has 20 heavy (non-hydrogen) atoms. The predicted molar refractivity (Wildman–Crippen MR) is 78.6 cm³/mol. The Morgan fingerprint density at radius 3 is 2.70 bits per heavy atom. The molecule has 0 saturated carbocycles. The maximum Gasteiger partial charge on any atom is 0.240 e. The minimum absolute atomic E-state index is 0.0919. The van der Waals surface area contributed by atoms with Gasteiger partial charge in [0, 0.05) is 11.4 Å². The molecule has 1 aliphatic rings. The highest BCUT2D eigenvalue weighted by molar-refractivity contribution is 7.91. The van der Waals surface area contributed by atoms with Gasteiger partial charge in [0.1, 0.15) is 0 Å². The largest absolute Gasteiger partial charge is 0.273 e. The van der Waals surface area contributed by atoms with Crippen LogP contribution in [-0.2, 0) is 14.6 Å². The van der Waals surface area contributed by atoms with E-state index in [9.17, 15) is 13.2 Å². The van der Waals surface area contributed by atoms with Crippen molar-refractivity contribution in [3.05, 3.63) is 34.9 Å². The average Bonchev–Trinajstić information content (AvgIpc) is 2.71. The van der Waals surface area contributed by atoms with E-state index in [4.69, 9.17) is 11.6 Å². The van der Waals surface area contributed by atoms with Gasteiger partial charge in [-0.15, -0.1) is 0 Å². The van der Waals surface area contributed by atoms with Gasteiger partial charge in [-0.3, -0.25) is 4.79 Å². The van der Waals surface area contributed by atoms with E-state index in [-0.39, 0.29) is 29.8 Å². The Morgan fingerprint density at radius 2 is 2.10 bits per heavy atom. The molecule has 108 valence electrons. The van der Waals surface area contributed by atoms with Gasteiger partial charge in [0.05, 0.1) is 17.7 Å². The van der Waals surface area contributed by atoms with Crippen molar-refractivity contribution in [1.29, 1.82) is 0 Å².